The molecule has 1 spiro atoms. The van der Waals surface area contributed by atoms with Gasteiger partial charge >= 0.3 is 5.97 Å². The maximum atomic E-state index is 13.9. The SMILES string of the molecule is COc1c(O)cc(/C=C/c2cc(O)cc3c2C2(C(=O)O3)c3c(O)cc(O)cc3OC2c2ccc(O)cc2)cc1O. The number of carbonyl (C=O) groups excluding carboxylic acids is 1. The minimum atomic E-state index is -1.78. The Morgan fingerprint density at radius 1 is 0.750 bits per heavy atom. The molecule has 0 aliphatic carbocycles. The summed E-state index contributed by atoms with van der Waals surface area (Å²) >= 11 is 0. The molecule has 10 heteroatoms. The quantitative estimate of drug-likeness (QED) is 0.123. The highest BCUT2D eigenvalue weighted by Gasteiger charge is 2.64. The van der Waals surface area contributed by atoms with Gasteiger partial charge in [-0.15, -0.1) is 0 Å². The largest absolute Gasteiger partial charge is 0.508 e. The summed E-state index contributed by atoms with van der Waals surface area (Å²) < 4.78 is 16.8. The van der Waals surface area contributed by atoms with Crippen molar-refractivity contribution in [2.75, 3.05) is 7.11 Å². The Kier molecular flexibility index (Phi) is 5.44. The molecule has 2 unspecified atom stereocenters. The third kappa shape index (κ3) is 3.53. The molecular formula is C30H22O10. The predicted octanol–water partition coefficient (Wildman–Crippen LogP) is 4.44. The molecule has 0 saturated carbocycles. The van der Waals surface area contributed by atoms with Crippen molar-refractivity contribution in [3.63, 3.8) is 0 Å². The average Bonchev–Trinajstić information content (AvgIpc) is 3.37. The molecule has 202 valence electrons. The van der Waals surface area contributed by atoms with Crippen molar-refractivity contribution in [1.82, 2.24) is 0 Å². The van der Waals surface area contributed by atoms with Crippen molar-refractivity contribution >= 4 is 18.1 Å². The van der Waals surface area contributed by atoms with Gasteiger partial charge in [-0.1, -0.05) is 24.3 Å². The maximum absolute atomic E-state index is 13.9. The van der Waals surface area contributed by atoms with Gasteiger partial charge in [-0.2, -0.15) is 0 Å². The third-order valence-electron chi connectivity index (χ3n) is 7.06. The van der Waals surface area contributed by atoms with Gasteiger partial charge < -0.3 is 44.8 Å². The Balaban J connectivity index is 1.61. The molecule has 2 atom stereocenters. The standard InChI is InChI=1S/C30H22O10/c1-38-27-21(35)8-14(9-22(27)36)2-3-16-10-18(32)12-23-25(16)30(29(37)40-23)26-20(34)11-19(33)13-24(26)39-28(30)15-4-6-17(31)7-5-15/h2-13,28,31-36H,1H3/b3-2+. The molecule has 0 saturated heterocycles. The highest BCUT2D eigenvalue weighted by Crippen LogP contribution is 2.63. The van der Waals surface area contributed by atoms with Crippen LogP contribution in [0.1, 0.15) is 33.9 Å². The van der Waals surface area contributed by atoms with Gasteiger partial charge in [0.1, 0.15) is 40.6 Å². The van der Waals surface area contributed by atoms with Crippen LogP contribution in [-0.4, -0.2) is 43.7 Å². The highest BCUT2D eigenvalue weighted by molar-refractivity contribution is 6.00. The lowest BCUT2D eigenvalue weighted by molar-refractivity contribution is -0.139. The first-order valence-corrected chi connectivity index (χ1v) is 12.0. The molecule has 10 nitrogen and oxygen atoms in total. The lowest BCUT2D eigenvalue weighted by Crippen LogP contribution is -2.40. The van der Waals surface area contributed by atoms with Crippen LogP contribution in [0, 0.1) is 0 Å². The van der Waals surface area contributed by atoms with E-state index in [9.17, 15) is 35.4 Å². The van der Waals surface area contributed by atoms with Gasteiger partial charge in [0.05, 0.1) is 12.7 Å². The van der Waals surface area contributed by atoms with E-state index in [0.29, 0.717) is 16.7 Å². The second-order valence-electron chi connectivity index (χ2n) is 9.46. The number of rotatable bonds is 4. The summed E-state index contributed by atoms with van der Waals surface area (Å²) in [5, 5.41) is 62.0. The van der Waals surface area contributed by atoms with Gasteiger partial charge in [-0.3, -0.25) is 4.79 Å². The summed E-state index contributed by atoms with van der Waals surface area (Å²) in [6.07, 6.45) is 1.98. The van der Waals surface area contributed by atoms with Gasteiger partial charge in [0.2, 0.25) is 5.75 Å². The van der Waals surface area contributed by atoms with Crippen molar-refractivity contribution in [1.29, 1.82) is 0 Å². The van der Waals surface area contributed by atoms with E-state index in [1.807, 2.05) is 0 Å². The first kappa shape index (κ1) is 24.8. The number of hydrogen-bond donors (Lipinski definition) is 6. The number of hydrogen-bond acceptors (Lipinski definition) is 10. The first-order valence-electron chi connectivity index (χ1n) is 12.0. The number of benzene rings is 4. The minimum Gasteiger partial charge on any atom is -0.508 e. The van der Waals surface area contributed by atoms with E-state index in [1.54, 1.807) is 18.2 Å². The Bertz CT molecular complexity index is 1700. The third-order valence-corrected chi connectivity index (χ3v) is 7.06. The van der Waals surface area contributed by atoms with E-state index in [4.69, 9.17) is 14.2 Å². The van der Waals surface area contributed by atoms with Crippen molar-refractivity contribution < 1.29 is 49.6 Å². The number of fused-ring (bicyclic) bond motifs is 4. The summed E-state index contributed by atoms with van der Waals surface area (Å²) in [6, 6.07) is 13.7. The van der Waals surface area contributed by atoms with Crippen molar-refractivity contribution in [3.8, 4) is 51.7 Å². The number of ether oxygens (including phenoxy) is 3. The van der Waals surface area contributed by atoms with E-state index >= 15 is 0 Å². The molecule has 4 aromatic rings. The van der Waals surface area contributed by atoms with E-state index in [0.717, 1.165) is 6.07 Å². The summed E-state index contributed by atoms with van der Waals surface area (Å²) in [5.74, 6) is -2.32. The van der Waals surface area contributed by atoms with E-state index in [-0.39, 0.29) is 57.1 Å². The molecule has 0 aromatic heterocycles. The van der Waals surface area contributed by atoms with E-state index in [1.165, 1.54) is 55.7 Å². The second kappa shape index (κ2) is 8.77. The molecule has 0 radical (unpaired) electrons. The van der Waals surface area contributed by atoms with E-state index in [2.05, 4.69) is 0 Å². The molecule has 4 aromatic carbocycles. The Morgan fingerprint density at radius 2 is 1.40 bits per heavy atom. The van der Waals surface area contributed by atoms with Crippen LogP contribution in [0.3, 0.4) is 0 Å². The zero-order valence-electron chi connectivity index (χ0n) is 20.8. The molecule has 6 rings (SSSR count). The summed E-state index contributed by atoms with van der Waals surface area (Å²) in [7, 11) is 1.30. The summed E-state index contributed by atoms with van der Waals surface area (Å²) in [6.45, 7) is 0. The molecule has 40 heavy (non-hydrogen) atoms. The number of carbonyl (C=O) groups is 1. The Morgan fingerprint density at radius 3 is 2.08 bits per heavy atom. The average molecular weight is 542 g/mol. The Hall–Kier alpha value is -5.51. The number of aromatic hydroxyl groups is 6. The zero-order chi connectivity index (χ0) is 28.3. The fourth-order valence-electron chi connectivity index (χ4n) is 5.50. The van der Waals surface area contributed by atoms with Gasteiger partial charge in [-0.05, 0) is 47.0 Å². The van der Waals surface area contributed by atoms with Crippen LogP contribution in [0.4, 0.5) is 0 Å². The molecule has 0 amide bonds. The van der Waals surface area contributed by atoms with Crippen molar-refractivity contribution in [2.45, 2.75) is 11.5 Å². The molecule has 2 aliphatic rings. The number of phenolic OH excluding ortho intramolecular Hbond substituents is 6. The molecule has 0 fully saturated rings. The van der Waals surface area contributed by atoms with Crippen LogP contribution in [0.2, 0.25) is 0 Å². The number of methoxy groups -OCH3 is 1. The zero-order valence-corrected chi connectivity index (χ0v) is 20.8. The molecule has 0 bridgehead atoms. The van der Waals surface area contributed by atoms with E-state index < -0.39 is 23.2 Å². The fourth-order valence-corrected chi connectivity index (χ4v) is 5.50. The topological polar surface area (TPSA) is 166 Å². The lowest BCUT2D eigenvalue weighted by atomic mass is 9.68. The smallest absolute Gasteiger partial charge is 0.331 e. The van der Waals surface area contributed by atoms with Crippen molar-refractivity contribution in [2.24, 2.45) is 0 Å². The van der Waals surface area contributed by atoms with Gasteiger partial charge in [0, 0.05) is 23.8 Å². The second-order valence-corrected chi connectivity index (χ2v) is 9.46. The number of esters is 1. The predicted molar refractivity (Wildman–Crippen MR) is 141 cm³/mol. The first-order chi connectivity index (χ1) is 19.1. The molecule has 6 N–H and O–H groups in total. The van der Waals surface area contributed by atoms with Crippen LogP contribution >= 0.6 is 0 Å². The van der Waals surface area contributed by atoms with Gasteiger partial charge in [-0.25, -0.2) is 0 Å². The van der Waals surface area contributed by atoms with Crippen LogP contribution in [0.5, 0.6) is 51.7 Å². The fraction of sp³-hybridized carbons (Fsp3) is 0.100. The van der Waals surface area contributed by atoms with Gasteiger partial charge in [0.25, 0.3) is 0 Å². The normalized spacial score (nSPS) is 18.9. The Labute approximate surface area is 226 Å². The van der Waals surface area contributed by atoms with Crippen LogP contribution in [0.15, 0.2) is 60.7 Å². The maximum Gasteiger partial charge on any atom is 0.331 e. The minimum absolute atomic E-state index is 0.0113. The number of phenols is 6. The molecular weight excluding hydrogens is 520 g/mol. The van der Waals surface area contributed by atoms with Crippen LogP contribution in [0.25, 0.3) is 12.2 Å². The molecule has 2 aliphatic heterocycles. The monoisotopic (exact) mass is 542 g/mol. The lowest BCUT2D eigenvalue weighted by Gasteiger charge is -2.29. The highest BCUT2D eigenvalue weighted by atomic mass is 16.6. The molecule has 2 heterocycles. The van der Waals surface area contributed by atoms with Crippen LogP contribution < -0.4 is 14.2 Å². The van der Waals surface area contributed by atoms with Crippen LogP contribution in [-0.2, 0) is 10.2 Å². The van der Waals surface area contributed by atoms with Crippen molar-refractivity contribution in [3.05, 3.63) is 88.5 Å². The van der Waals surface area contributed by atoms with Gasteiger partial charge in [0.15, 0.2) is 16.9 Å². The summed E-state index contributed by atoms with van der Waals surface area (Å²) in [5.41, 5.74) is -0.303. The summed E-state index contributed by atoms with van der Waals surface area (Å²) in [4.78, 5) is 13.9.